The van der Waals surface area contributed by atoms with E-state index in [9.17, 15) is 19.2 Å². The number of ether oxygens (including phenoxy) is 1. The number of carbonyl (C=O) groups is 4. The number of carbonyl (C=O) groups excluding carboxylic acids is 4. The second-order valence-electron chi connectivity index (χ2n) is 13.4. The van der Waals surface area contributed by atoms with Crippen LogP contribution in [0.3, 0.4) is 0 Å². The molecule has 4 amide bonds. The third-order valence-corrected chi connectivity index (χ3v) is 8.58. The van der Waals surface area contributed by atoms with Crippen LogP contribution in [0, 0.1) is 5.92 Å². The second kappa shape index (κ2) is 14.3. The molecule has 0 bridgehead atoms. The number of benzene rings is 2. The van der Waals surface area contributed by atoms with Gasteiger partial charge >= 0.3 is 6.09 Å². The fourth-order valence-electron chi connectivity index (χ4n) is 6.31. The molecule has 2 aliphatic rings. The Morgan fingerprint density at radius 1 is 1.02 bits per heavy atom. The lowest BCUT2D eigenvalue weighted by Gasteiger charge is -2.30. The van der Waals surface area contributed by atoms with E-state index >= 15 is 0 Å². The number of amides is 4. The lowest BCUT2D eigenvalue weighted by Crippen LogP contribution is -2.54. The molecule has 46 heavy (non-hydrogen) atoms. The van der Waals surface area contributed by atoms with Crippen LogP contribution in [0.4, 0.5) is 4.79 Å². The maximum Gasteiger partial charge on any atom is 0.408 e. The highest BCUT2D eigenvalue weighted by Gasteiger charge is 2.42. The summed E-state index contributed by atoms with van der Waals surface area (Å²) in [5.41, 5.74) is 2.84. The molecule has 2 N–H and O–H groups in total. The molecule has 2 fully saturated rings. The summed E-state index contributed by atoms with van der Waals surface area (Å²) in [7, 11) is 1.82. The summed E-state index contributed by atoms with van der Waals surface area (Å²) in [6, 6.07) is 13.9. The van der Waals surface area contributed by atoms with Crippen LogP contribution in [0.25, 0.3) is 11.0 Å². The lowest BCUT2D eigenvalue weighted by molar-refractivity contribution is -0.140. The Balaban J connectivity index is 1.33. The smallest absolute Gasteiger partial charge is 0.408 e. The standard InChI is InChI=1S/C34H45N7O5/c1-34(2,3)46-33(45)36-26(13-15-30(42)40-16-8-9-17-40)32(44)41-22-25(18-23-10-6-5-7-11-23)20-29(41)31(43)35-21-24-12-14-28-27(19-24)37-38-39(28)4/h5-7,10-12,14,19,25-26,29H,8-9,13,15-18,20-22H2,1-4H3,(H,35,43)(H,36,45)/t25-,26+,29-/m0/s1. The Bertz CT molecular complexity index is 1540. The van der Waals surface area contributed by atoms with Gasteiger partial charge in [-0.2, -0.15) is 0 Å². The summed E-state index contributed by atoms with van der Waals surface area (Å²) in [4.78, 5) is 57.2. The van der Waals surface area contributed by atoms with Gasteiger partial charge in [-0.15, -0.1) is 5.10 Å². The van der Waals surface area contributed by atoms with E-state index in [0.29, 0.717) is 32.5 Å². The van der Waals surface area contributed by atoms with E-state index < -0.39 is 29.7 Å². The average molecular weight is 632 g/mol. The van der Waals surface area contributed by atoms with Crippen molar-refractivity contribution in [2.75, 3.05) is 19.6 Å². The van der Waals surface area contributed by atoms with Crippen molar-refractivity contribution >= 4 is 34.8 Å². The normalized spacial score (nSPS) is 18.9. The number of nitrogens with one attached hydrogen (secondary N) is 2. The number of likely N-dealkylation sites (tertiary alicyclic amines) is 2. The van der Waals surface area contributed by atoms with Crippen LogP contribution in [0.1, 0.15) is 64.0 Å². The van der Waals surface area contributed by atoms with Gasteiger partial charge in [-0.05, 0) is 82.1 Å². The summed E-state index contributed by atoms with van der Waals surface area (Å²) in [6.45, 7) is 7.26. The molecule has 3 heterocycles. The molecule has 3 atom stereocenters. The van der Waals surface area contributed by atoms with Crippen molar-refractivity contribution in [3.63, 3.8) is 0 Å². The Morgan fingerprint density at radius 3 is 2.48 bits per heavy atom. The average Bonchev–Trinajstić information content (AvgIpc) is 3.78. The van der Waals surface area contributed by atoms with Crippen molar-refractivity contribution in [1.82, 2.24) is 35.4 Å². The molecule has 0 spiro atoms. The summed E-state index contributed by atoms with van der Waals surface area (Å²) in [5.74, 6) is -0.672. The van der Waals surface area contributed by atoms with Crippen LogP contribution in [0.15, 0.2) is 48.5 Å². The molecule has 5 rings (SSSR count). The quantitative estimate of drug-likeness (QED) is 0.350. The predicted octanol–water partition coefficient (Wildman–Crippen LogP) is 3.34. The molecule has 246 valence electrons. The maximum absolute atomic E-state index is 14.2. The first kappa shape index (κ1) is 32.9. The highest BCUT2D eigenvalue weighted by atomic mass is 16.6. The minimum Gasteiger partial charge on any atom is -0.444 e. The van der Waals surface area contributed by atoms with Gasteiger partial charge in [-0.3, -0.25) is 14.4 Å². The van der Waals surface area contributed by atoms with Crippen molar-refractivity contribution in [3.05, 3.63) is 59.7 Å². The first-order chi connectivity index (χ1) is 22.0. The summed E-state index contributed by atoms with van der Waals surface area (Å²) < 4.78 is 7.16. The number of fused-ring (bicyclic) bond motifs is 1. The summed E-state index contributed by atoms with van der Waals surface area (Å²) >= 11 is 0. The summed E-state index contributed by atoms with van der Waals surface area (Å²) in [5, 5.41) is 14.0. The number of aromatic nitrogens is 3. The van der Waals surface area contributed by atoms with Crippen molar-refractivity contribution in [2.45, 2.75) is 83.5 Å². The van der Waals surface area contributed by atoms with Crippen molar-refractivity contribution in [1.29, 1.82) is 0 Å². The van der Waals surface area contributed by atoms with Crippen LogP contribution >= 0.6 is 0 Å². The molecule has 0 aliphatic carbocycles. The third-order valence-electron chi connectivity index (χ3n) is 8.58. The van der Waals surface area contributed by atoms with E-state index in [2.05, 4.69) is 20.9 Å². The Morgan fingerprint density at radius 2 is 1.76 bits per heavy atom. The Labute approximate surface area is 269 Å². The molecule has 2 saturated heterocycles. The molecule has 0 unspecified atom stereocenters. The molecule has 0 saturated carbocycles. The zero-order chi connectivity index (χ0) is 32.8. The minimum atomic E-state index is -1.02. The number of hydrogen-bond acceptors (Lipinski definition) is 7. The predicted molar refractivity (Wildman–Crippen MR) is 172 cm³/mol. The second-order valence-corrected chi connectivity index (χ2v) is 13.4. The molecule has 12 heteroatoms. The molecular weight excluding hydrogens is 586 g/mol. The van der Waals surface area contributed by atoms with Crippen molar-refractivity contribution < 1.29 is 23.9 Å². The van der Waals surface area contributed by atoms with Gasteiger partial charge in [-0.25, -0.2) is 9.48 Å². The number of alkyl carbamates (subject to hydrolysis) is 1. The van der Waals surface area contributed by atoms with E-state index in [1.165, 1.54) is 0 Å². The van der Waals surface area contributed by atoms with Gasteiger partial charge in [0.25, 0.3) is 0 Å². The molecule has 1 aromatic heterocycles. The molecule has 0 radical (unpaired) electrons. The number of hydrogen-bond donors (Lipinski definition) is 2. The topological polar surface area (TPSA) is 139 Å². The lowest BCUT2D eigenvalue weighted by atomic mass is 9.96. The van der Waals surface area contributed by atoms with Crippen LogP contribution < -0.4 is 10.6 Å². The van der Waals surface area contributed by atoms with Gasteiger partial charge < -0.3 is 25.2 Å². The zero-order valence-electron chi connectivity index (χ0n) is 27.2. The van der Waals surface area contributed by atoms with Crippen LogP contribution in [0.5, 0.6) is 0 Å². The van der Waals surface area contributed by atoms with Gasteiger partial charge in [0.15, 0.2) is 0 Å². The SMILES string of the molecule is Cn1nnc2cc(CNC(=O)[C@@H]3C[C@H](Cc4ccccc4)CN3C(=O)[C@@H](CCC(=O)N3CCCC3)NC(=O)OC(C)(C)C)ccc21. The van der Waals surface area contributed by atoms with Gasteiger partial charge in [0.1, 0.15) is 23.2 Å². The molecule has 12 nitrogen and oxygen atoms in total. The zero-order valence-corrected chi connectivity index (χ0v) is 27.2. The molecule has 3 aromatic rings. The van der Waals surface area contributed by atoms with Crippen LogP contribution in [-0.2, 0) is 39.1 Å². The highest BCUT2D eigenvalue weighted by molar-refractivity contribution is 5.92. The van der Waals surface area contributed by atoms with E-state index in [1.807, 2.05) is 55.6 Å². The first-order valence-corrected chi connectivity index (χ1v) is 16.1. The number of nitrogens with zero attached hydrogens (tertiary/aromatic N) is 5. The fourth-order valence-corrected chi connectivity index (χ4v) is 6.31. The Hall–Kier alpha value is -4.48. The Kier molecular flexibility index (Phi) is 10.2. The van der Waals surface area contributed by atoms with E-state index in [1.54, 1.807) is 35.3 Å². The summed E-state index contributed by atoms with van der Waals surface area (Å²) in [6.07, 6.45) is 2.58. The number of rotatable bonds is 10. The van der Waals surface area contributed by atoms with Crippen molar-refractivity contribution in [3.8, 4) is 0 Å². The van der Waals surface area contributed by atoms with Gasteiger partial charge in [0.2, 0.25) is 17.7 Å². The van der Waals surface area contributed by atoms with E-state index in [0.717, 1.165) is 35.0 Å². The van der Waals surface area contributed by atoms with Gasteiger partial charge in [0.05, 0.1) is 5.52 Å². The number of aryl methyl sites for hydroxylation is 1. The third kappa shape index (κ3) is 8.41. The van der Waals surface area contributed by atoms with Crippen molar-refractivity contribution in [2.24, 2.45) is 13.0 Å². The molecule has 2 aliphatic heterocycles. The van der Waals surface area contributed by atoms with E-state index in [-0.39, 0.29) is 37.1 Å². The van der Waals surface area contributed by atoms with Crippen LogP contribution in [0.2, 0.25) is 0 Å². The molecular formula is C34H45N7O5. The largest absolute Gasteiger partial charge is 0.444 e. The minimum absolute atomic E-state index is 0.0338. The fraction of sp³-hybridized carbons (Fsp3) is 0.529. The molecule has 2 aromatic carbocycles. The highest BCUT2D eigenvalue weighted by Crippen LogP contribution is 2.28. The maximum atomic E-state index is 14.2. The van der Waals surface area contributed by atoms with Gasteiger partial charge in [0, 0.05) is 39.6 Å². The van der Waals surface area contributed by atoms with Gasteiger partial charge in [-0.1, -0.05) is 41.6 Å². The monoisotopic (exact) mass is 631 g/mol. The van der Waals surface area contributed by atoms with E-state index in [4.69, 9.17) is 4.74 Å². The first-order valence-electron chi connectivity index (χ1n) is 16.1. The van der Waals surface area contributed by atoms with Crippen LogP contribution in [-0.4, -0.2) is 85.9 Å².